The van der Waals surface area contributed by atoms with Crippen molar-refractivity contribution in [1.82, 2.24) is 25.8 Å². The van der Waals surface area contributed by atoms with Gasteiger partial charge >= 0.3 is 6.18 Å². The minimum atomic E-state index is -4.19. The van der Waals surface area contributed by atoms with E-state index < -0.39 is 23.8 Å². The van der Waals surface area contributed by atoms with Crippen molar-refractivity contribution >= 4 is 11.8 Å². The first-order valence-corrected chi connectivity index (χ1v) is 14.9. The number of benzene rings is 1. The molecule has 2 saturated heterocycles. The van der Waals surface area contributed by atoms with E-state index in [1.54, 1.807) is 6.07 Å². The first-order valence-electron chi connectivity index (χ1n) is 14.9. The molecule has 4 aliphatic rings. The van der Waals surface area contributed by atoms with Crippen LogP contribution < -0.4 is 15.4 Å². The number of rotatable bonds is 9. The summed E-state index contributed by atoms with van der Waals surface area (Å²) in [6.45, 7) is 0.778. The number of halogens is 3. The predicted octanol–water partition coefficient (Wildman–Crippen LogP) is 4.69. The molecule has 2 aliphatic carbocycles. The number of ether oxygens (including phenoxy) is 1. The summed E-state index contributed by atoms with van der Waals surface area (Å²) in [5.74, 6) is 0.969. The van der Waals surface area contributed by atoms with Gasteiger partial charge in [0.2, 0.25) is 11.7 Å². The van der Waals surface area contributed by atoms with Crippen LogP contribution in [0, 0.1) is 5.92 Å². The summed E-state index contributed by atoms with van der Waals surface area (Å²) in [4.78, 5) is 26.7. The molecule has 2 N–H and O–H groups in total. The Balaban J connectivity index is 1.24. The Kier molecular flexibility index (Phi) is 7.71. The van der Waals surface area contributed by atoms with Crippen LogP contribution in [-0.2, 0) is 16.8 Å². The summed E-state index contributed by atoms with van der Waals surface area (Å²) in [7, 11) is 2.07. The second-order valence-electron chi connectivity index (χ2n) is 12.4. The average Bonchev–Trinajstić information content (AvgIpc) is 3.35. The van der Waals surface area contributed by atoms with Crippen molar-refractivity contribution in [3.63, 3.8) is 0 Å². The lowest BCUT2D eigenvalue weighted by molar-refractivity contribution is -0.136. The van der Waals surface area contributed by atoms with Gasteiger partial charge in [0, 0.05) is 45.0 Å². The largest absolute Gasteiger partial charge is 0.494 e. The van der Waals surface area contributed by atoms with Gasteiger partial charge in [0.25, 0.3) is 5.91 Å². The van der Waals surface area contributed by atoms with E-state index in [0.29, 0.717) is 30.9 Å². The van der Waals surface area contributed by atoms with Crippen LogP contribution in [0.25, 0.3) is 0 Å². The molecule has 42 heavy (non-hydrogen) atoms. The molecule has 2 amide bonds. The Morgan fingerprint density at radius 1 is 1.21 bits per heavy atom. The fourth-order valence-corrected chi connectivity index (χ4v) is 7.15. The predicted molar refractivity (Wildman–Crippen MR) is 146 cm³/mol. The number of hydrazine groups is 1. The topological polar surface area (TPSA) is 99.9 Å². The summed E-state index contributed by atoms with van der Waals surface area (Å²) in [5, 5.41) is 14.8. The smallest absolute Gasteiger partial charge is 0.389 e. The van der Waals surface area contributed by atoms with E-state index in [0.717, 1.165) is 36.9 Å². The third kappa shape index (κ3) is 6.01. The lowest BCUT2D eigenvalue weighted by Gasteiger charge is -2.42. The van der Waals surface area contributed by atoms with E-state index >= 15 is 0 Å². The Labute approximate surface area is 243 Å². The number of hydrogen-bond donors (Lipinski definition) is 2. The Hall–Kier alpha value is -3.12. The van der Waals surface area contributed by atoms with E-state index in [4.69, 9.17) is 9.26 Å². The number of hydrogen-bond acceptors (Lipinski definition) is 7. The second kappa shape index (κ2) is 11.2. The van der Waals surface area contributed by atoms with Crippen LogP contribution in [0.5, 0.6) is 5.75 Å². The molecule has 2 unspecified atom stereocenters. The van der Waals surface area contributed by atoms with Crippen LogP contribution in [0.3, 0.4) is 0 Å². The van der Waals surface area contributed by atoms with Crippen LogP contribution >= 0.6 is 0 Å². The van der Waals surface area contributed by atoms with Gasteiger partial charge in [-0.2, -0.15) is 13.2 Å². The number of carbonyl (C=O) groups excluding carboxylic acids is 2. The third-order valence-corrected chi connectivity index (χ3v) is 9.45. The van der Waals surface area contributed by atoms with Gasteiger partial charge in [-0.3, -0.25) is 9.59 Å². The number of fused-ring (bicyclic) bond motifs is 4. The molecule has 9 nitrogen and oxygen atoms in total. The van der Waals surface area contributed by atoms with Gasteiger partial charge < -0.3 is 19.9 Å². The van der Waals surface area contributed by atoms with E-state index in [9.17, 15) is 22.8 Å². The summed E-state index contributed by atoms with van der Waals surface area (Å²) in [6.07, 6.45) is 3.23. The standard InChI is InChI=1S/C30H38F3N5O4/c1-37-22-18-28(12-7-21-17-23(5-6-24(21)28)41-16-2-11-30(31,32)33)35-26(39)8-13-29(19-22,38(37)15-10-20-3-4-20)36-27(40)25-9-14-34-42-25/h5-6,9,14,17,20,22H,2-4,7-8,10-13,15-16,18-19H2,1H3,(H,35,39)(H,36,40)/t22?,28-,29?/m0/s1. The maximum atomic E-state index is 13.5. The third-order valence-electron chi connectivity index (χ3n) is 9.45. The van der Waals surface area contributed by atoms with Gasteiger partial charge in [-0.05, 0) is 67.7 Å². The Bertz CT molecular complexity index is 1300. The monoisotopic (exact) mass is 589 g/mol. The van der Waals surface area contributed by atoms with Crippen LogP contribution in [0.1, 0.15) is 85.9 Å². The highest BCUT2D eigenvalue weighted by Crippen LogP contribution is 2.48. The first-order chi connectivity index (χ1) is 20.1. The van der Waals surface area contributed by atoms with Gasteiger partial charge in [0.05, 0.1) is 18.3 Å². The summed E-state index contributed by atoms with van der Waals surface area (Å²) in [5.41, 5.74) is 0.745. The van der Waals surface area contributed by atoms with E-state index in [2.05, 4.69) is 32.9 Å². The van der Waals surface area contributed by atoms with Gasteiger partial charge in [-0.1, -0.05) is 24.1 Å². The zero-order chi connectivity index (χ0) is 29.5. The zero-order valence-electron chi connectivity index (χ0n) is 23.8. The van der Waals surface area contributed by atoms with Crippen LogP contribution in [0.2, 0.25) is 0 Å². The first kappa shape index (κ1) is 29.0. The number of aryl methyl sites for hydroxylation is 1. The molecule has 1 spiro atoms. The number of nitrogens with one attached hydrogen (secondary N) is 2. The molecule has 3 atom stereocenters. The van der Waals surface area contributed by atoms with Crippen LogP contribution in [-0.4, -0.2) is 65.1 Å². The van der Waals surface area contributed by atoms with E-state index in [1.807, 2.05) is 12.1 Å². The highest BCUT2D eigenvalue weighted by Gasteiger charge is 2.54. The minimum Gasteiger partial charge on any atom is -0.494 e. The van der Waals surface area contributed by atoms with Crippen molar-refractivity contribution in [2.45, 2.75) is 94.0 Å². The molecule has 12 heteroatoms. The van der Waals surface area contributed by atoms with Gasteiger partial charge in [-0.25, -0.2) is 10.0 Å². The maximum absolute atomic E-state index is 13.5. The van der Waals surface area contributed by atoms with Gasteiger partial charge in [0.1, 0.15) is 11.4 Å². The SMILES string of the molecule is CN1C2CC(NC(=O)c3ccno3)(CCC(=O)N[C@@]3(CCc4cc(OCCCC(F)(F)F)ccc43)C2)N1CCC1CC1. The Morgan fingerprint density at radius 3 is 2.79 bits per heavy atom. The number of carbonyl (C=O) groups is 2. The summed E-state index contributed by atoms with van der Waals surface area (Å²) in [6, 6.07) is 7.23. The van der Waals surface area contributed by atoms with Crippen LogP contribution in [0.15, 0.2) is 35.0 Å². The molecule has 2 bridgehead atoms. The Morgan fingerprint density at radius 2 is 2.05 bits per heavy atom. The van der Waals surface area contributed by atoms with Crippen molar-refractivity contribution < 1.29 is 32.0 Å². The molecule has 3 heterocycles. The molecule has 228 valence electrons. The fourth-order valence-electron chi connectivity index (χ4n) is 7.15. The molecule has 6 rings (SSSR count). The number of nitrogens with zero attached hydrogens (tertiary/aromatic N) is 3. The lowest BCUT2D eigenvalue weighted by Crippen LogP contribution is -2.60. The molecule has 0 radical (unpaired) electrons. The maximum Gasteiger partial charge on any atom is 0.389 e. The average molecular weight is 590 g/mol. The quantitative estimate of drug-likeness (QED) is 0.410. The molecule has 2 aromatic rings. The van der Waals surface area contributed by atoms with Crippen molar-refractivity contribution in [3.8, 4) is 5.75 Å². The normalized spacial score (nSPS) is 28.2. The van der Waals surface area contributed by atoms with Gasteiger partial charge in [0.15, 0.2) is 0 Å². The minimum absolute atomic E-state index is 0.00833. The highest BCUT2D eigenvalue weighted by molar-refractivity contribution is 5.91. The number of amides is 2. The highest BCUT2D eigenvalue weighted by atomic mass is 19.4. The van der Waals surface area contributed by atoms with Crippen molar-refractivity contribution in [1.29, 1.82) is 0 Å². The molecular formula is C30H38F3N5O4. The lowest BCUT2D eigenvalue weighted by atomic mass is 9.83. The van der Waals surface area contributed by atoms with E-state index in [1.165, 1.54) is 25.1 Å². The van der Waals surface area contributed by atoms with Gasteiger partial charge in [-0.15, -0.1) is 0 Å². The summed E-state index contributed by atoms with van der Waals surface area (Å²) >= 11 is 0. The van der Waals surface area contributed by atoms with E-state index in [-0.39, 0.29) is 43.1 Å². The van der Waals surface area contributed by atoms with Crippen molar-refractivity contribution in [2.24, 2.45) is 5.92 Å². The molecule has 3 fully saturated rings. The molecule has 1 saturated carbocycles. The number of aromatic nitrogens is 1. The van der Waals surface area contributed by atoms with Crippen molar-refractivity contribution in [2.75, 3.05) is 20.2 Å². The zero-order valence-corrected chi connectivity index (χ0v) is 23.8. The molecule has 1 aromatic heterocycles. The number of alkyl halides is 3. The van der Waals surface area contributed by atoms with Crippen LogP contribution in [0.4, 0.5) is 13.2 Å². The molecule has 2 aliphatic heterocycles. The molecular weight excluding hydrogens is 551 g/mol. The van der Waals surface area contributed by atoms with Crippen molar-refractivity contribution in [3.05, 3.63) is 47.3 Å². The second-order valence-corrected chi connectivity index (χ2v) is 12.4. The molecule has 1 aromatic carbocycles. The summed E-state index contributed by atoms with van der Waals surface area (Å²) < 4.78 is 48.3. The fraction of sp³-hybridized carbons (Fsp3) is 0.633.